The van der Waals surface area contributed by atoms with E-state index in [9.17, 15) is 14.4 Å². The first-order chi connectivity index (χ1) is 13.9. The van der Waals surface area contributed by atoms with Crippen molar-refractivity contribution in [1.29, 1.82) is 0 Å². The molecule has 150 valence electrons. The van der Waals surface area contributed by atoms with Gasteiger partial charge in [-0.05, 0) is 37.3 Å². The zero-order valence-electron chi connectivity index (χ0n) is 16.5. The summed E-state index contributed by atoms with van der Waals surface area (Å²) < 4.78 is 5.19. The quantitative estimate of drug-likeness (QED) is 0.568. The number of Topliss-reactive ketones (excluding diaryl/α,β-unsaturated/α-hetero) is 1. The van der Waals surface area contributed by atoms with Gasteiger partial charge in [0.15, 0.2) is 5.78 Å². The van der Waals surface area contributed by atoms with Gasteiger partial charge in [-0.3, -0.25) is 9.59 Å². The number of rotatable bonds is 6. The fourth-order valence-electron chi connectivity index (χ4n) is 3.92. The minimum absolute atomic E-state index is 0.0487. The van der Waals surface area contributed by atoms with Crippen molar-refractivity contribution >= 4 is 34.0 Å². The van der Waals surface area contributed by atoms with E-state index in [0.29, 0.717) is 46.7 Å². The van der Waals surface area contributed by atoms with Crippen molar-refractivity contribution in [2.45, 2.75) is 44.9 Å². The summed E-state index contributed by atoms with van der Waals surface area (Å²) in [6.45, 7) is 3.31. The fraction of sp³-hybridized carbons (Fsp3) is 0.348. The smallest absolute Gasteiger partial charge is 0.341 e. The molecule has 0 saturated heterocycles. The van der Waals surface area contributed by atoms with Crippen LogP contribution < -0.4 is 5.32 Å². The molecule has 1 amide bonds. The SMILES string of the molecule is C#CCCC1(c2ccccc2)CCc2c(sc(NC(C)=O)c2C(=O)OCC)C1=O. The number of esters is 1. The predicted molar refractivity (Wildman–Crippen MR) is 113 cm³/mol. The summed E-state index contributed by atoms with van der Waals surface area (Å²) >= 11 is 1.15. The minimum Gasteiger partial charge on any atom is -0.462 e. The lowest BCUT2D eigenvalue weighted by molar-refractivity contribution is -0.114. The second-order valence-electron chi connectivity index (χ2n) is 7.00. The van der Waals surface area contributed by atoms with Crippen molar-refractivity contribution in [2.24, 2.45) is 0 Å². The van der Waals surface area contributed by atoms with Crippen LogP contribution in [-0.4, -0.2) is 24.3 Å². The summed E-state index contributed by atoms with van der Waals surface area (Å²) in [5.41, 5.74) is 1.16. The molecule has 2 aromatic rings. The summed E-state index contributed by atoms with van der Waals surface area (Å²) in [6.07, 6.45) is 7.61. The van der Waals surface area contributed by atoms with Crippen molar-refractivity contribution < 1.29 is 19.1 Å². The summed E-state index contributed by atoms with van der Waals surface area (Å²) in [7, 11) is 0. The van der Waals surface area contributed by atoms with Gasteiger partial charge in [0, 0.05) is 13.3 Å². The van der Waals surface area contributed by atoms with Crippen LogP contribution in [0.4, 0.5) is 5.00 Å². The maximum Gasteiger partial charge on any atom is 0.341 e. The number of fused-ring (bicyclic) bond motifs is 1. The maximum absolute atomic E-state index is 13.8. The molecule has 1 aromatic carbocycles. The first-order valence-electron chi connectivity index (χ1n) is 9.58. The molecule has 0 fully saturated rings. The third kappa shape index (κ3) is 3.83. The van der Waals surface area contributed by atoms with E-state index in [4.69, 9.17) is 11.2 Å². The summed E-state index contributed by atoms with van der Waals surface area (Å²) in [4.78, 5) is 38.5. The number of terminal acetylenes is 1. The molecule has 0 aliphatic heterocycles. The molecule has 1 unspecified atom stereocenters. The highest BCUT2D eigenvalue weighted by molar-refractivity contribution is 7.19. The Labute approximate surface area is 174 Å². The third-order valence-electron chi connectivity index (χ3n) is 5.24. The lowest BCUT2D eigenvalue weighted by Crippen LogP contribution is -2.39. The van der Waals surface area contributed by atoms with Gasteiger partial charge in [0.2, 0.25) is 5.91 Å². The lowest BCUT2D eigenvalue weighted by Gasteiger charge is -2.36. The van der Waals surface area contributed by atoms with E-state index in [1.54, 1.807) is 6.92 Å². The second kappa shape index (κ2) is 8.62. The number of nitrogens with one attached hydrogen (secondary N) is 1. The largest absolute Gasteiger partial charge is 0.462 e. The number of ketones is 1. The van der Waals surface area contributed by atoms with Gasteiger partial charge in [0.1, 0.15) is 5.00 Å². The summed E-state index contributed by atoms with van der Waals surface area (Å²) in [5, 5.41) is 3.07. The highest BCUT2D eigenvalue weighted by Crippen LogP contribution is 2.47. The zero-order valence-corrected chi connectivity index (χ0v) is 17.4. The minimum atomic E-state index is -0.731. The molecule has 1 N–H and O–H groups in total. The molecule has 6 heteroatoms. The predicted octanol–water partition coefficient (Wildman–Crippen LogP) is 4.36. The zero-order chi connectivity index (χ0) is 21.0. The number of hydrogen-bond acceptors (Lipinski definition) is 5. The molecule has 0 spiro atoms. The van der Waals surface area contributed by atoms with Crippen molar-refractivity contribution in [3.05, 3.63) is 51.9 Å². The van der Waals surface area contributed by atoms with E-state index in [-0.39, 0.29) is 18.3 Å². The van der Waals surface area contributed by atoms with Gasteiger partial charge in [-0.15, -0.1) is 23.7 Å². The normalized spacial score (nSPS) is 17.9. The van der Waals surface area contributed by atoms with Crippen molar-refractivity contribution in [2.75, 3.05) is 11.9 Å². The van der Waals surface area contributed by atoms with Crippen LogP contribution in [0, 0.1) is 12.3 Å². The van der Waals surface area contributed by atoms with Crippen molar-refractivity contribution in [3.63, 3.8) is 0 Å². The Morgan fingerprint density at radius 2 is 2.03 bits per heavy atom. The molecule has 1 heterocycles. The standard InChI is InChI=1S/C23H23NO4S/c1-4-6-13-23(16-10-8-7-9-11-16)14-12-17-18(22(27)28-5-2)21(24-15(3)25)29-19(17)20(23)26/h1,7-11H,5-6,12-14H2,2-3H3,(H,24,25). The molecule has 0 bridgehead atoms. The van der Waals surface area contributed by atoms with E-state index < -0.39 is 11.4 Å². The Hall–Kier alpha value is -2.91. The van der Waals surface area contributed by atoms with Gasteiger partial charge in [-0.1, -0.05) is 30.3 Å². The molecule has 1 atom stereocenters. The van der Waals surface area contributed by atoms with Crippen molar-refractivity contribution in [1.82, 2.24) is 0 Å². The monoisotopic (exact) mass is 409 g/mol. The molecular weight excluding hydrogens is 386 g/mol. The van der Waals surface area contributed by atoms with E-state index in [0.717, 1.165) is 16.9 Å². The molecule has 3 rings (SSSR count). The highest BCUT2D eigenvalue weighted by atomic mass is 32.1. The highest BCUT2D eigenvalue weighted by Gasteiger charge is 2.46. The number of hydrogen-bond donors (Lipinski definition) is 1. The van der Waals surface area contributed by atoms with Crippen LogP contribution in [-0.2, 0) is 21.4 Å². The van der Waals surface area contributed by atoms with Gasteiger partial charge in [-0.2, -0.15) is 0 Å². The third-order valence-corrected chi connectivity index (χ3v) is 6.39. The number of thiophene rings is 1. The Morgan fingerprint density at radius 3 is 2.66 bits per heavy atom. The lowest BCUT2D eigenvalue weighted by atomic mass is 9.66. The number of carbonyl (C=O) groups excluding carboxylic acids is 3. The number of carbonyl (C=O) groups is 3. The first kappa shape index (κ1) is 20.8. The molecule has 1 aromatic heterocycles. The summed E-state index contributed by atoms with van der Waals surface area (Å²) in [5.74, 6) is 1.78. The number of anilines is 1. The van der Waals surface area contributed by atoms with Crippen LogP contribution in [0.3, 0.4) is 0 Å². The van der Waals surface area contributed by atoms with Crippen LogP contribution in [0.5, 0.6) is 0 Å². The Morgan fingerprint density at radius 1 is 1.31 bits per heavy atom. The topological polar surface area (TPSA) is 72.5 Å². The first-order valence-corrected chi connectivity index (χ1v) is 10.4. The molecule has 29 heavy (non-hydrogen) atoms. The fourth-order valence-corrected chi connectivity index (χ4v) is 5.25. The Bertz CT molecular complexity index is 986. The van der Waals surface area contributed by atoms with Crippen LogP contribution in [0.25, 0.3) is 0 Å². The van der Waals surface area contributed by atoms with Gasteiger partial charge < -0.3 is 10.1 Å². The van der Waals surface area contributed by atoms with Gasteiger partial charge in [-0.25, -0.2) is 4.79 Å². The van der Waals surface area contributed by atoms with Crippen LogP contribution >= 0.6 is 11.3 Å². The van der Waals surface area contributed by atoms with Gasteiger partial charge in [0.25, 0.3) is 0 Å². The van der Waals surface area contributed by atoms with Crippen molar-refractivity contribution in [3.8, 4) is 12.3 Å². The van der Waals surface area contributed by atoms with E-state index in [1.165, 1.54) is 6.92 Å². The molecule has 1 aliphatic rings. The van der Waals surface area contributed by atoms with Gasteiger partial charge >= 0.3 is 5.97 Å². The molecule has 5 nitrogen and oxygen atoms in total. The number of ether oxygens (including phenoxy) is 1. The Balaban J connectivity index is 2.14. The van der Waals surface area contributed by atoms with E-state index in [2.05, 4.69) is 11.2 Å². The summed E-state index contributed by atoms with van der Waals surface area (Å²) in [6, 6.07) is 9.64. The Kier molecular flexibility index (Phi) is 6.19. The number of benzene rings is 1. The maximum atomic E-state index is 13.8. The number of amides is 1. The molecular formula is C23H23NO4S. The average molecular weight is 410 g/mol. The van der Waals surface area contributed by atoms with Crippen LogP contribution in [0.15, 0.2) is 30.3 Å². The van der Waals surface area contributed by atoms with E-state index >= 15 is 0 Å². The second-order valence-corrected chi connectivity index (χ2v) is 8.02. The average Bonchev–Trinajstić information content (AvgIpc) is 3.07. The van der Waals surface area contributed by atoms with Crippen LogP contribution in [0.1, 0.15) is 64.3 Å². The van der Waals surface area contributed by atoms with Gasteiger partial charge in [0.05, 0.1) is 22.5 Å². The molecule has 0 radical (unpaired) electrons. The van der Waals surface area contributed by atoms with Crippen LogP contribution in [0.2, 0.25) is 0 Å². The van der Waals surface area contributed by atoms with E-state index in [1.807, 2.05) is 30.3 Å². The molecule has 1 aliphatic carbocycles. The molecule has 0 saturated carbocycles.